The zero-order valence-electron chi connectivity index (χ0n) is 37.8. The van der Waals surface area contributed by atoms with Crippen LogP contribution in [0.2, 0.25) is 0 Å². The number of carbonyl (C=O) groups is 2. The Balaban J connectivity index is 4.14. The number of carbonyl (C=O) groups excluding carboxylic acids is 2. The number of hydrogen-bond acceptors (Lipinski definition) is 9. The highest BCUT2D eigenvalue weighted by Gasteiger charge is 2.27. The first kappa shape index (κ1) is 57.0. The summed E-state index contributed by atoms with van der Waals surface area (Å²) < 4.78 is 32.8. The van der Waals surface area contributed by atoms with Crippen molar-refractivity contribution in [1.82, 2.24) is 0 Å². The summed E-state index contributed by atoms with van der Waals surface area (Å²) in [7, 11) is -4.61. The van der Waals surface area contributed by atoms with Crippen molar-refractivity contribution in [1.29, 1.82) is 0 Å². The van der Waals surface area contributed by atoms with E-state index in [1.165, 1.54) is 180 Å². The maximum Gasteiger partial charge on any atom is 0.472 e. The zero-order chi connectivity index (χ0) is 42.6. The SMILES string of the molecule is CCCCCCCCCCCCCCCCCCCCCCCC(=O)O[C@H](COC(=O)CCCCCCCCCCCCCCCC)COP(=O)(O)OC[C@@H](O)CO. The van der Waals surface area contributed by atoms with Crippen LogP contribution in [0.5, 0.6) is 0 Å². The van der Waals surface area contributed by atoms with Gasteiger partial charge in [0.25, 0.3) is 0 Å². The monoisotopic (exact) mass is 849 g/mol. The molecule has 0 fully saturated rings. The molecule has 0 amide bonds. The van der Waals surface area contributed by atoms with Crippen molar-refractivity contribution in [2.45, 2.75) is 264 Å². The van der Waals surface area contributed by atoms with E-state index in [1.54, 1.807) is 0 Å². The Kier molecular flexibility index (Phi) is 43.3. The molecular formula is C47H93O10P. The van der Waals surface area contributed by atoms with Crippen LogP contribution in [-0.4, -0.2) is 65.7 Å². The molecule has 58 heavy (non-hydrogen) atoms. The lowest BCUT2D eigenvalue weighted by atomic mass is 10.0. The lowest BCUT2D eigenvalue weighted by molar-refractivity contribution is -0.161. The third kappa shape index (κ3) is 43.1. The number of phosphoric acid groups is 1. The molecule has 0 bridgehead atoms. The molecule has 0 aromatic heterocycles. The molecular weight excluding hydrogens is 755 g/mol. The number of ether oxygens (including phenoxy) is 2. The molecule has 10 nitrogen and oxygen atoms in total. The third-order valence-corrected chi connectivity index (χ3v) is 12.0. The van der Waals surface area contributed by atoms with E-state index >= 15 is 0 Å². The van der Waals surface area contributed by atoms with E-state index in [9.17, 15) is 24.2 Å². The van der Waals surface area contributed by atoms with Crippen LogP contribution in [0.3, 0.4) is 0 Å². The summed E-state index contributed by atoms with van der Waals surface area (Å²) in [6, 6.07) is 0. The molecule has 0 saturated carbocycles. The van der Waals surface area contributed by atoms with Crippen molar-refractivity contribution >= 4 is 19.8 Å². The van der Waals surface area contributed by atoms with Gasteiger partial charge in [0.2, 0.25) is 0 Å². The number of hydrogen-bond donors (Lipinski definition) is 3. The lowest BCUT2D eigenvalue weighted by Crippen LogP contribution is -2.29. The van der Waals surface area contributed by atoms with Crippen molar-refractivity contribution in [2.75, 3.05) is 26.4 Å². The van der Waals surface area contributed by atoms with Gasteiger partial charge in [-0.1, -0.05) is 226 Å². The second-order valence-corrected chi connectivity index (χ2v) is 18.3. The Morgan fingerprint density at radius 2 is 0.741 bits per heavy atom. The van der Waals surface area contributed by atoms with Gasteiger partial charge in [0.15, 0.2) is 6.10 Å². The number of unbranched alkanes of at least 4 members (excludes halogenated alkanes) is 33. The number of phosphoric ester groups is 1. The molecule has 3 atom stereocenters. The van der Waals surface area contributed by atoms with Crippen molar-refractivity contribution in [3.05, 3.63) is 0 Å². The molecule has 0 radical (unpaired) electrons. The summed E-state index contributed by atoms with van der Waals surface area (Å²) in [5.41, 5.74) is 0. The highest BCUT2D eigenvalue weighted by atomic mass is 31.2. The van der Waals surface area contributed by atoms with Crippen LogP contribution < -0.4 is 0 Å². The topological polar surface area (TPSA) is 149 Å². The van der Waals surface area contributed by atoms with Gasteiger partial charge in [-0.2, -0.15) is 0 Å². The van der Waals surface area contributed by atoms with E-state index in [1.807, 2.05) is 0 Å². The molecule has 0 saturated heterocycles. The molecule has 0 aromatic rings. The first-order valence-corrected chi connectivity index (χ1v) is 26.0. The Morgan fingerprint density at radius 3 is 1.07 bits per heavy atom. The number of aliphatic hydroxyl groups excluding tert-OH is 2. The fourth-order valence-electron chi connectivity index (χ4n) is 7.23. The molecule has 0 spiro atoms. The van der Waals surface area contributed by atoms with Crippen LogP contribution in [0.15, 0.2) is 0 Å². The minimum Gasteiger partial charge on any atom is -0.462 e. The van der Waals surface area contributed by atoms with Gasteiger partial charge >= 0.3 is 19.8 Å². The predicted octanol–water partition coefficient (Wildman–Crippen LogP) is 13.4. The van der Waals surface area contributed by atoms with Crippen molar-refractivity contribution in [3.63, 3.8) is 0 Å². The molecule has 0 aliphatic carbocycles. The van der Waals surface area contributed by atoms with E-state index in [2.05, 4.69) is 13.8 Å². The van der Waals surface area contributed by atoms with Gasteiger partial charge in [0.05, 0.1) is 19.8 Å². The second-order valence-electron chi connectivity index (χ2n) is 16.9. The molecule has 3 N–H and O–H groups in total. The van der Waals surface area contributed by atoms with Crippen molar-refractivity contribution < 1.29 is 47.8 Å². The van der Waals surface area contributed by atoms with Gasteiger partial charge in [-0.05, 0) is 12.8 Å². The van der Waals surface area contributed by atoms with Gasteiger partial charge < -0.3 is 24.6 Å². The fourth-order valence-corrected chi connectivity index (χ4v) is 8.02. The summed E-state index contributed by atoms with van der Waals surface area (Å²) >= 11 is 0. The van der Waals surface area contributed by atoms with E-state index in [-0.39, 0.29) is 19.4 Å². The van der Waals surface area contributed by atoms with Crippen LogP contribution in [0.1, 0.15) is 251 Å². The highest BCUT2D eigenvalue weighted by molar-refractivity contribution is 7.47. The normalized spacial score (nSPS) is 13.7. The van der Waals surface area contributed by atoms with Crippen LogP contribution in [0, 0.1) is 0 Å². The maximum atomic E-state index is 12.7. The van der Waals surface area contributed by atoms with E-state index in [4.69, 9.17) is 23.6 Å². The number of esters is 2. The van der Waals surface area contributed by atoms with E-state index in [0.29, 0.717) is 12.8 Å². The van der Waals surface area contributed by atoms with Crippen LogP contribution >= 0.6 is 7.82 Å². The first-order valence-electron chi connectivity index (χ1n) is 24.5. The summed E-state index contributed by atoms with van der Waals surface area (Å²) in [5.74, 6) is -0.905. The standard InChI is InChI=1S/C47H93O10P/c1-3-5-7-9-11-13-15-17-19-20-21-22-23-24-25-27-29-31-33-35-37-39-47(51)57-45(43-56-58(52,53)55-41-44(49)40-48)42-54-46(50)38-36-34-32-30-28-26-18-16-14-12-10-8-6-4-2/h44-45,48-49H,3-43H2,1-2H3,(H,52,53)/t44-,45+/m0/s1. The molecule has 11 heteroatoms. The van der Waals surface area contributed by atoms with Crippen LogP contribution in [0.25, 0.3) is 0 Å². The zero-order valence-corrected chi connectivity index (χ0v) is 38.7. The van der Waals surface area contributed by atoms with Gasteiger partial charge in [-0.3, -0.25) is 18.6 Å². The average molecular weight is 849 g/mol. The van der Waals surface area contributed by atoms with Gasteiger partial charge in [-0.15, -0.1) is 0 Å². The summed E-state index contributed by atoms with van der Waals surface area (Å²) in [4.78, 5) is 35.1. The molecule has 346 valence electrons. The minimum atomic E-state index is -4.61. The van der Waals surface area contributed by atoms with Gasteiger partial charge in [0.1, 0.15) is 12.7 Å². The van der Waals surface area contributed by atoms with Gasteiger partial charge in [0, 0.05) is 12.8 Å². The van der Waals surface area contributed by atoms with Gasteiger partial charge in [-0.25, -0.2) is 4.57 Å². The molecule has 0 aliphatic heterocycles. The quantitative estimate of drug-likeness (QED) is 0.0307. The highest BCUT2D eigenvalue weighted by Crippen LogP contribution is 2.43. The predicted molar refractivity (Wildman–Crippen MR) is 238 cm³/mol. The Morgan fingerprint density at radius 1 is 0.448 bits per heavy atom. The molecule has 0 rings (SSSR count). The summed E-state index contributed by atoms with van der Waals surface area (Å²) in [6.07, 6.45) is 42.1. The number of aliphatic hydroxyl groups is 2. The van der Waals surface area contributed by atoms with Crippen LogP contribution in [0.4, 0.5) is 0 Å². The lowest BCUT2D eigenvalue weighted by Gasteiger charge is -2.20. The fraction of sp³-hybridized carbons (Fsp3) is 0.957. The first-order chi connectivity index (χ1) is 28.2. The molecule has 0 heterocycles. The molecule has 0 aromatic carbocycles. The molecule has 0 aliphatic rings. The largest absolute Gasteiger partial charge is 0.472 e. The minimum absolute atomic E-state index is 0.193. The van der Waals surface area contributed by atoms with Crippen molar-refractivity contribution in [3.8, 4) is 0 Å². The smallest absolute Gasteiger partial charge is 0.462 e. The third-order valence-electron chi connectivity index (χ3n) is 11.0. The average Bonchev–Trinajstić information content (AvgIpc) is 3.21. The van der Waals surface area contributed by atoms with Crippen molar-refractivity contribution in [2.24, 2.45) is 0 Å². The van der Waals surface area contributed by atoms with Crippen LogP contribution in [-0.2, 0) is 32.7 Å². The molecule has 1 unspecified atom stereocenters. The van der Waals surface area contributed by atoms with E-state index < -0.39 is 51.8 Å². The Hall–Kier alpha value is -1.03. The summed E-state index contributed by atoms with van der Waals surface area (Å²) in [6.45, 7) is 2.44. The Bertz CT molecular complexity index is 935. The summed E-state index contributed by atoms with van der Waals surface area (Å²) in [5, 5.41) is 18.4. The number of rotatable bonds is 47. The Labute approximate surface area is 356 Å². The van der Waals surface area contributed by atoms with E-state index in [0.717, 1.165) is 32.1 Å². The maximum absolute atomic E-state index is 12.7. The second kappa shape index (κ2) is 44.0.